The molecule has 1 fully saturated rings. The summed E-state index contributed by atoms with van der Waals surface area (Å²) in [7, 11) is 0. The molecule has 0 aromatic carbocycles. The van der Waals surface area contributed by atoms with E-state index in [0.717, 1.165) is 6.42 Å². The molecule has 14 heavy (non-hydrogen) atoms. The summed E-state index contributed by atoms with van der Waals surface area (Å²) in [6.07, 6.45) is 0.423. The van der Waals surface area contributed by atoms with Gasteiger partial charge in [-0.1, -0.05) is 7.43 Å². The number of aliphatic hydroxyl groups excluding tert-OH is 1. The second-order valence-electron chi connectivity index (χ2n) is 4.30. The van der Waals surface area contributed by atoms with Crippen LogP contribution in [0.5, 0.6) is 0 Å². The highest BCUT2D eigenvalue weighted by Gasteiger charge is 2.30. The molecule has 0 bridgehead atoms. The average molecular weight is 203 g/mol. The molecule has 0 aromatic rings. The fraction of sp³-hybridized carbons (Fsp3) is 0.900. The molecular formula is C10H21NO3. The Morgan fingerprint density at radius 1 is 1.50 bits per heavy atom. The van der Waals surface area contributed by atoms with Gasteiger partial charge in [0.15, 0.2) is 0 Å². The van der Waals surface area contributed by atoms with E-state index < -0.39 is 17.9 Å². The summed E-state index contributed by atoms with van der Waals surface area (Å²) in [5, 5.41) is 9.38. The van der Waals surface area contributed by atoms with Gasteiger partial charge in [0.25, 0.3) is 0 Å². The van der Waals surface area contributed by atoms with Crippen LogP contribution in [0.4, 0.5) is 4.79 Å². The van der Waals surface area contributed by atoms with Crippen molar-refractivity contribution in [3.8, 4) is 0 Å². The van der Waals surface area contributed by atoms with Crippen molar-refractivity contribution in [3.05, 3.63) is 0 Å². The van der Waals surface area contributed by atoms with Crippen LogP contribution in [-0.4, -0.2) is 34.5 Å². The number of carbonyl (C=O) groups excluding carboxylic acids is 1. The molecule has 0 saturated carbocycles. The molecule has 1 unspecified atom stereocenters. The van der Waals surface area contributed by atoms with E-state index in [2.05, 4.69) is 0 Å². The van der Waals surface area contributed by atoms with Crippen LogP contribution in [0, 0.1) is 0 Å². The maximum Gasteiger partial charge on any atom is 0.412 e. The minimum absolute atomic E-state index is 0. The largest absolute Gasteiger partial charge is 0.444 e. The molecule has 1 rings (SSSR count). The van der Waals surface area contributed by atoms with E-state index in [4.69, 9.17) is 4.74 Å². The fourth-order valence-corrected chi connectivity index (χ4v) is 1.28. The molecule has 84 valence electrons. The van der Waals surface area contributed by atoms with Crippen molar-refractivity contribution in [2.24, 2.45) is 0 Å². The molecule has 4 nitrogen and oxygen atoms in total. The lowest BCUT2D eigenvalue weighted by Gasteiger charge is -2.26. The number of carbonyl (C=O) groups is 1. The van der Waals surface area contributed by atoms with E-state index in [-0.39, 0.29) is 7.43 Å². The third-order valence-corrected chi connectivity index (χ3v) is 1.85. The minimum atomic E-state index is -0.658. The predicted molar refractivity (Wildman–Crippen MR) is 54.9 cm³/mol. The Kier molecular flexibility index (Phi) is 4.39. The number of likely N-dealkylation sites (tertiary alicyclic amines) is 1. The first kappa shape index (κ1) is 13.2. The van der Waals surface area contributed by atoms with Crippen molar-refractivity contribution < 1.29 is 14.6 Å². The highest BCUT2D eigenvalue weighted by molar-refractivity contribution is 5.68. The van der Waals surface area contributed by atoms with Gasteiger partial charge in [-0.25, -0.2) is 4.79 Å². The Bertz CT molecular complexity index is 198. The first-order valence-electron chi connectivity index (χ1n) is 4.58. The molecule has 0 aromatic heterocycles. The van der Waals surface area contributed by atoms with Crippen LogP contribution in [0.3, 0.4) is 0 Å². The van der Waals surface area contributed by atoms with Crippen molar-refractivity contribution in [1.82, 2.24) is 4.90 Å². The number of amides is 1. The zero-order valence-corrected chi connectivity index (χ0v) is 8.41. The van der Waals surface area contributed by atoms with Crippen LogP contribution in [0.1, 0.15) is 41.0 Å². The van der Waals surface area contributed by atoms with Gasteiger partial charge in [-0.15, -0.1) is 0 Å². The summed E-state index contributed by atoms with van der Waals surface area (Å²) in [5.41, 5.74) is -0.487. The Morgan fingerprint density at radius 2 is 2.07 bits per heavy atom. The van der Waals surface area contributed by atoms with Gasteiger partial charge >= 0.3 is 6.09 Å². The maximum atomic E-state index is 11.4. The van der Waals surface area contributed by atoms with Gasteiger partial charge in [-0.05, 0) is 33.6 Å². The Labute approximate surface area is 85.9 Å². The van der Waals surface area contributed by atoms with Gasteiger partial charge in [0.05, 0.1) is 0 Å². The average Bonchev–Trinajstić information content (AvgIpc) is 2.30. The van der Waals surface area contributed by atoms with Crippen molar-refractivity contribution in [3.63, 3.8) is 0 Å². The maximum absolute atomic E-state index is 11.4. The fourth-order valence-electron chi connectivity index (χ4n) is 1.28. The summed E-state index contributed by atoms with van der Waals surface area (Å²) < 4.78 is 5.12. The standard InChI is InChI=1S/C9H17NO3.CH4/c1-9(2,3)13-8(12)10-6-4-5-7(10)11;/h7,11H,4-6H2,1-3H3;1H4. The second-order valence-corrected chi connectivity index (χ2v) is 4.30. The SMILES string of the molecule is C.CC(C)(C)OC(=O)N1CCCC1O. The molecular weight excluding hydrogens is 182 g/mol. The third-order valence-electron chi connectivity index (χ3n) is 1.85. The first-order chi connectivity index (χ1) is 5.90. The minimum Gasteiger partial charge on any atom is -0.444 e. The van der Waals surface area contributed by atoms with Crippen LogP contribution in [0.15, 0.2) is 0 Å². The molecule has 1 aliphatic heterocycles. The predicted octanol–water partition coefficient (Wildman–Crippen LogP) is 1.97. The van der Waals surface area contributed by atoms with E-state index in [1.807, 2.05) is 20.8 Å². The van der Waals surface area contributed by atoms with Crippen molar-refractivity contribution in [2.45, 2.75) is 52.9 Å². The molecule has 0 radical (unpaired) electrons. The van der Waals surface area contributed by atoms with Crippen molar-refractivity contribution in [1.29, 1.82) is 0 Å². The number of ether oxygens (including phenoxy) is 1. The summed E-state index contributed by atoms with van der Waals surface area (Å²) in [5.74, 6) is 0. The summed E-state index contributed by atoms with van der Waals surface area (Å²) >= 11 is 0. The van der Waals surface area contributed by atoms with Gasteiger partial charge in [0.1, 0.15) is 11.8 Å². The van der Waals surface area contributed by atoms with Gasteiger partial charge in [-0.3, -0.25) is 4.90 Å². The van der Waals surface area contributed by atoms with Gasteiger partial charge in [0.2, 0.25) is 0 Å². The molecule has 1 atom stereocenters. The lowest BCUT2D eigenvalue weighted by Crippen LogP contribution is -2.39. The summed E-state index contributed by atoms with van der Waals surface area (Å²) in [6, 6.07) is 0. The molecule has 1 aliphatic rings. The van der Waals surface area contributed by atoms with Crippen LogP contribution in [0.25, 0.3) is 0 Å². The van der Waals surface area contributed by atoms with Gasteiger partial charge < -0.3 is 9.84 Å². The van der Waals surface area contributed by atoms with Crippen molar-refractivity contribution in [2.75, 3.05) is 6.54 Å². The molecule has 4 heteroatoms. The van der Waals surface area contributed by atoms with Crippen LogP contribution in [-0.2, 0) is 4.74 Å². The number of hydrogen-bond donors (Lipinski definition) is 1. The lowest BCUT2D eigenvalue weighted by molar-refractivity contribution is -0.0128. The number of nitrogens with zero attached hydrogens (tertiary/aromatic N) is 1. The van der Waals surface area contributed by atoms with E-state index in [0.29, 0.717) is 13.0 Å². The Morgan fingerprint density at radius 3 is 2.43 bits per heavy atom. The number of rotatable bonds is 0. The zero-order valence-electron chi connectivity index (χ0n) is 8.41. The van der Waals surface area contributed by atoms with E-state index >= 15 is 0 Å². The molecule has 1 heterocycles. The van der Waals surface area contributed by atoms with Crippen LogP contribution >= 0.6 is 0 Å². The summed E-state index contributed by atoms with van der Waals surface area (Å²) in [4.78, 5) is 12.8. The lowest BCUT2D eigenvalue weighted by atomic mass is 10.2. The molecule has 1 N–H and O–H groups in total. The van der Waals surface area contributed by atoms with Crippen LogP contribution < -0.4 is 0 Å². The smallest absolute Gasteiger partial charge is 0.412 e. The van der Waals surface area contributed by atoms with E-state index in [9.17, 15) is 9.90 Å². The second kappa shape index (κ2) is 4.64. The highest BCUT2D eigenvalue weighted by Crippen LogP contribution is 2.18. The highest BCUT2D eigenvalue weighted by atomic mass is 16.6. The molecule has 1 saturated heterocycles. The normalized spacial score (nSPS) is 21.7. The Balaban J connectivity index is 0.00000169. The molecule has 0 spiro atoms. The zero-order chi connectivity index (χ0) is 10.1. The number of hydrogen-bond acceptors (Lipinski definition) is 3. The molecule has 0 aliphatic carbocycles. The summed E-state index contributed by atoms with van der Waals surface area (Å²) in [6.45, 7) is 6.03. The Hall–Kier alpha value is -0.770. The molecule has 1 amide bonds. The van der Waals surface area contributed by atoms with Gasteiger partial charge in [0, 0.05) is 6.54 Å². The number of aliphatic hydroxyl groups is 1. The monoisotopic (exact) mass is 203 g/mol. The van der Waals surface area contributed by atoms with E-state index in [1.165, 1.54) is 4.90 Å². The quantitative estimate of drug-likeness (QED) is 0.655. The topological polar surface area (TPSA) is 49.8 Å². The third kappa shape index (κ3) is 3.54. The van der Waals surface area contributed by atoms with Crippen molar-refractivity contribution >= 4 is 6.09 Å². The first-order valence-corrected chi connectivity index (χ1v) is 4.58. The van der Waals surface area contributed by atoms with Crippen LogP contribution in [0.2, 0.25) is 0 Å². The van der Waals surface area contributed by atoms with Gasteiger partial charge in [-0.2, -0.15) is 0 Å². The van der Waals surface area contributed by atoms with E-state index in [1.54, 1.807) is 0 Å².